The van der Waals surface area contributed by atoms with Gasteiger partial charge in [-0.3, -0.25) is 9.48 Å². The maximum atomic E-state index is 13.9. The van der Waals surface area contributed by atoms with Gasteiger partial charge in [-0.2, -0.15) is 5.10 Å². The first kappa shape index (κ1) is 15.2. The van der Waals surface area contributed by atoms with Crippen LogP contribution in [0.4, 0.5) is 4.39 Å². The number of carbonyl (C=O) groups excluding carboxylic acids is 1. The second-order valence-corrected chi connectivity index (χ2v) is 5.60. The van der Waals surface area contributed by atoms with Crippen LogP contribution in [0.2, 0.25) is 5.02 Å². The number of carbonyl (C=O) groups is 1. The minimum absolute atomic E-state index is 0.0287. The Labute approximate surface area is 129 Å². The summed E-state index contributed by atoms with van der Waals surface area (Å²) in [5, 5.41) is 4.71. The van der Waals surface area contributed by atoms with E-state index >= 15 is 0 Å². The van der Waals surface area contributed by atoms with Gasteiger partial charge in [0.25, 0.3) is 0 Å². The van der Waals surface area contributed by atoms with Crippen molar-refractivity contribution in [2.45, 2.75) is 26.8 Å². The summed E-state index contributed by atoms with van der Waals surface area (Å²) in [7, 11) is 0. The van der Waals surface area contributed by atoms with Crippen molar-refractivity contribution < 1.29 is 9.18 Å². The summed E-state index contributed by atoms with van der Waals surface area (Å²) in [6.45, 7) is 4.30. The number of rotatable bonds is 4. The minimum Gasteiger partial charge on any atom is -0.294 e. The van der Waals surface area contributed by atoms with Gasteiger partial charge in [0.1, 0.15) is 5.82 Å². The Bertz CT molecular complexity index is 669. The molecule has 0 aliphatic rings. The molecule has 6 heteroatoms. The smallest absolute Gasteiger partial charge is 0.171 e. The van der Waals surface area contributed by atoms with Crippen molar-refractivity contribution in [3.8, 4) is 0 Å². The summed E-state index contributed by atoms with van der Waals surface area (Å²) >= 11 is 9.23. The van der Waals surface area contributed by atoms with E-state index in [1.807, 2.05) is 6.92 Å². The summed E-state index contributed by atoms with van der Waals surface area (Å²) in [5.41, 5.74) is 1.35. The molecule has 0 aliphatic heterocycles. The van der Waals surface area contributed by atoms with Crippen LogP contribution in [-0.2, 0) is 13.0 Å². The Morgan fingerprint density at radius 2 is 2.20 bits per heavy atom. The Kier molecular flexibility index (Phi) is 4.60. The van der Waals surface area contributed by atoms with Crippen LogP contribution in [0.3, 0.4) is 0 Å². The fourth-order valence-corrected chi connectivity index (χ4v) is 2.57. The van der Waals surface area contributed by atoms with Crippen LogP contribution in [0.5, 0.6) is 0 Å². The lowest BCUT2D eigenvalue weighted by molar-refractivity contribution is 0.0986. The number of aryl methyl sites for hydroxylation is 2. The van der Waals surface area contributed by atoms with E-state index in [0.29, 0.717) is 23.0 Å². The molecule has 1 aromatic heterocycles. The maximum Gasteiger partial charge on any atom is 0.171 e. The molecule has 106 valence electrons. The van der Waals surface area contributed by atoms with Crippen LogP contribution in [-0.4, -0.2) is 15.6 Å². The molecule has 0 saturated carbocycles. The molecule has 0 amide bonds. The standard InChI is InChI=1S/C14H13BrClFN2O/c1-3-19-11(13(16)8(2)18-19)7-12(20)9-5-4-6-10(15)14(9)17/h4-6H,3,7H2,1-2H3. The highest BCUT2D eigenvalue weighted by Crippen LogP contribution is 2.24. The number of benzene rings is 1. The highest BCUT2D eigenvalue weighted by Gasteiger charge is 2.19. The average Bonchev–Trinajstić information content (AvgIpc) is 2.69. The van der Waals surface area contributed by atoms with Crippen LogP contribution in [0.25, 0.3) is 0 Å². The molecule has 0 spiro atoms. The van der Waals surface area contributed by atoms with Gasteiger partial charge in [0, 0.05) is 6.54 Å². The molecule has 0 atom stereocenters. The number of hydrogen-bond acceptors (Lipinski definition) is 2. The summed E-state index contributed by atoms with van der Waals surface area (Å²) < 4.78 is 15.9. The molecule has 0 radical (unpaired) electrons. The summed E-state index contributed by atoms with van der Waals surface area (Å²) in [5.74, 6) is -0.867. The monoisotopic (exact) mass is 358 g/mol. The fraction of sp³-hybridized carbons (Fsp3) is 0.286. The number of Topliss-reactive ketones (excluding diaryl/α,β-unsaturated/α-hetero) is 1. The van der Waals surface area contributed by atoms with E-state index in [4.69, 9.17) is 11.6 Å². The third-order valence-electron chi connectivity index (χ3n) is 3.03. The van der Waals surface area contributed by atoms with E-state index in [2.05, 4.69) is 21.0 Å². The SMILES string of the molecule is CCn1nc(C)c(Cl)c1CC(=O)c1cccc(Br)c1F. The molecule has 20 heavy (non-hydrogen) atoms. The van der Waals surface area contributed by atoms with Gasteiger partial charge in [-0.15, -0.1) is 0 Å². The zero-order valence-electron chi connectivity index (χ0n) is 11.1. The molecule has 0 fully saturated rings. The van der Waals surface area contributed by atoms with Gasteiger partial charge < -0.3 is 0 Å². The van der Waals surface area contributed by atoms with Crippen molar-refractivity contribution in [2.75, 3.05) is 0 Å². The van der Waals surface area contributed by atoms with E-state index in [9.17, 15) is 9.18 Å². The molecule has 1 heterocycles. The molecule has 3 nitrogen and oxygen atoms in total. The van der Waals surface area contributed by atoms with Crippen LogP contribution in [0.1, 0.15) is 28.7 Å². The molecule has 2 aromatic rings. The van der Waals surface area contributed by atoms with Gasteiger partial charge >= 0.3 is 0 Å². The molecular formula is C14H13BrClFN2O. The van der Waals surface area contributed by atoms with E-state index in [-0.39, 0.29) is 22.2 Å². The topological polar surface area (TPSA) is 34.9 Å². The average molecular weight is 360 g/mol. The van der Waals surface area contributed by atoms with Crippen molar-refractivity contribution in [3.05, 3.63) is 50.5 Å². The number of nitrogens with zero attached hydrogens (tertiary/aromatic N) is 2. The number of ketones is 1. The second-order valence-electron chi connectivity index (χ2n) is 4.36. The van der Waals surface area contributed by atoms with Crippen LogP contribution < -0.4 is 0 Å². The Morgan fingerprint density at radius 3 is 2.85 bits per heavy atom. The summed E-state index contributed by atoms with van der Waals surface area (Å²) in [6.07, 6.45) is 0.0287. The summed E-state index contributed by atoms with van der Waals surface area (Å²) in [4.78, 5) is 12.3. The van der Waals surface area contributed by atoms with Gasteiger partial charge in [-0.25, -0.2) is 4.39 Å². The quantitative estimate of drug-likeness (QED) is 0.767. The number of halogens is 3. The zero-order valence-corrected chi connectivity index (χ0v) is 13.4. The molecule has 0 N–H and O–H groups in total. The lowest BCUT2D eigenvalue weighted by Gasteiger charge is -2.06. The molecule has 0 unspecified atom stereocenters. The first-order chi connectivity index (χ1) is 9.45. The predicted octanol–water partition coefficient (Wildman–Crippen LogP) is 4.19. The van der Waals surface area contributed by atoms with Crippen molar-refractivity contribution in [1.29, 1.82) is 0 Å². The third-order valence-corrected chi connectivity index (χ3v) is 4.14. The van der Waals surface area contributed by atoms with Crippen molar-refractivity contribution in [1.82, 2.24) is 9.78 Å². The first-order valence-electron chi connectivity index (χ1n) is 6.14. The van der Waals surface area contributed by atoms with Gasteiger partial charge in [0.15, 0.2) is 5.78 Å². The van der Waals surface area contributed by atoms with Crippen molar-refractivity contribution >= 4 is 33.3 Å². The minimum atomic E-state index is -0.548. The molecule has 0 aliphatic carbocycles. The van der Waals surface area contributed by atoms with Crippen LogP contribution in [0, 0.1) is 12.7 Å². The van der Waals surface area contributed by atoms with Gasteiger partial charge in [0.2, 0.25) is 0 Å². The highest BCUT2D eigenvalue weighted by molar-refractivity contribution is 9.10. The lowest BCUT2D eigenvalue weighted by atomic mass is 10.1. The Morgan fingerprint density at radius 1 is 1.50 bits per heavy atom. The predicted molar refractivity (Wildman–Crippen MR) is 79.8 cm³/mol. The van der Waals surface area contributed by atoms with Crippen molar-refractivity contribution in [3.63, 3.8) is 0 Å². The maximum absolute atomic E-state index is 13.9. The number of hydrogen-bond donors (Lipinski definition) is 0. The van der Waals surface area contributed by atoms with E-state index in [1.54, 1.807) is 23.7 Å². The first-order valence-corrected chi connectivity index (χ1v) is 7.31. The van der Waals surface area contributed by atoms with Gasteiger partial charge in [-0.1, -0.05) is 17.7 Å². The number of aromatic nitrogens is 2. The summed E-state index contributed by atoms with van der Waals surface area (Å²) in [6, 6.07) is 4.65. The van der Waals surface area contributed by atoms with E-state index < -0.39 is 5.82 Å². The second kappa shape index (κ2) is 6.06. The van der Waals surface area contributed by atoms with Crippen LogP contribution in [0.15, 0.2) is 22.7 Å². The van der Waals surface area contributed by atoms with E-state index in [1.165, 1.54) is 6.07 Å². The third kappa shape index (κ3) is 2.79. The van der Waals surface area contributed by atoms with Crippen molar-refractivity contribution in [2.24, 2.45) is 0 Å². The molecule has 0 saturated heterocycles. The lowest BCUT2D eigenvalue weighted by Crippen LogP contribution is -2.11. The van der Waals surface area contributed by atoms with Gasteiger partial charge in [0.05, 0.1) is 32.9 Å². The molecule has 1 aromatic carbocycles. The van der Waals surface area contributed by atoms with Crippen LogP contribution >= 0.6 is 27.5 Å². The fourth-order valence-electron chi connectivity index (χ4n) is 2.00. The molecule has 2 rings (SSSR count). The largest absolute Gasteiger partial charge is 0.294 e. The van der Waals surface area contributed by atoms with E-state index in [0.717, 1.165) is 0 Å². The molecule has 0 bridgehead atoms. The van der Waals surface area contributed by atoms with Gasteiger partial charge in [-0.05, 0) is 41.9 Å². The normalized spacial score (nSPS) is 10.8. The Hall–Kier alpha value is -1.20. The molecular weight excluding hydrogens is 347 g/mol. The zero-order chi connectivity index (χ0) is 14.9. The highest BCUT2D eigenvalue weighted by atomic mass is 79.9. The Balaban J connectivity index is 2.35.